The number of hydrogen-bond donors (Lipinski definition) is 1. The second kappa shape index (κ2) is 4.94. The van der Waals surface area contributed by atoms with E-state index in [9.17, 15) is 0 Å². The molecule has 0 bridgehead atoms. The van der Waals surface area contributed by atoms with E-state index < -0.39 is 0 Å². The number of nitrogen functional groups attached to an aromatic ring is 1. The van der Waals surface area contributed by atoms with Gasteiger partial charge in [-0.3, -0.25) is 0 Å². The van der Waals surface area contributed by atoms with Gasteiger partial charge in [0.15, 0.2) is 10.8 Å². The van der Waals surface area contributed by atoms with Crippen LogP contribution in [0.4, 0.5) is 5.13 Å². The number of thiazole rings is 1. The maximum Gasteiger partial charge on any atom is 0.181 e. The van der Waals surface area contributed by atoms with Gasteiger partial charge in [0.1, 0.15) is 5.69 Å². The van der Waals surface area contributed by atoms with Crippen molar-refractivity contribution in [3.05, 3.63) is 40.8 Å². The zero-order chi connectivity index (χ0) is 14.1. The van der Waals surface area contributed by atoms with Crippen LogP contribution in [-0.2, 0) is 0 Å². The second-order valence-electron chi connectivity index (χ2n) is 4.64. The van der Waals surface area contributed by atoms with Crippen LogP contribution >= 0.6 is 11.3 Å². The highest BCUT2D eigenvalue weighted by atomic mass is 32.1. The molecule has 20 heavy (non-hydrogen) atoms. The van der Waals surface area contributed by atoms with Gasteiger partial charge in [-0.05, 0) is 29.9 Å². The minimum atomic E-state index is 0.365. The van der Waals surface area contributed by atoms with Crippen LogP contribution in [0.2, 0.25) is 0 Å². The van der Waals surface area contributed by atoms with Crippen molar-refractivity contribution in [2.75, 3.05) is 5.73 Å². The van der Waals surface area contributed by atoms with E-state index in [1.165, 1.54) is 11.3 Å². The van der Waals surface area contributed by atoms with Gasteiger partial charge in [-0.1, -0.05) is 25.2 Å². The monoisotopic (exact) mass is 283 g/mol. The molecule has 0 aliphatic rings. The Hall–Kier alpha value is -2.39. The van der Waals surface area contributed by atoms with Crippen molar-refractivity contribution in [2.24, 2.45) is 0 Å². The van der Waals surface area contributed by atoms with E-state index in [2.05, 4.69) is 40.8 Å². The first-order chi connectivity index (χ1) is 9.63. The fourth-order valence-electron chi connectivity index (χ4n) is 1.75. The molecule has 3 aromatic heterocycles. The Labute approximate surface area is 120 Å². The van der Waals surface area contributed by atoms with E-state index in [1.54, 1.807) is 16.9 Å². The molecule has 2 N–H and O–H groups in total. The van der Waals surface area contributed by atoms with E-state index in [0.717, 1.165) is 21.9 Å². The maximum atomic E-state index is 5.58. The lowest BCUT2D eigenvalue weighted by molar-refractivity contribution is 0.761. The molecule has 0 amide bonds. The largest absolute Gasteiger partial charge is 0.375 e. The van der Waals surface area contributed by atoms with Crippen LogP contribution in [0.5, 0.6) is 0 Å². The van der Waals surface area contributed by atoms with E-state index in [4.69, 9.17) is 5.73 Å². The van der Waals surface area contributed by atoms with E-state index in [0.29, 0.717) is 11.0 Å². The summed E-state index contributed by atoms with van der Waals surface area (Å²) in [5, 5.41) is 5.09. The van der Waals surface area contributed by atoms with Crippen LogP contribution in [0.1, 0.15) is 36.0 Å². The third-order valence-corrected chi connectivity index (χ3v) is 3.55. The molecule has 3 heterocycles. The molecule has 0 spiro atoms. The van der Waals surface area contributed by atoms with Gasteiger partial charge in [-0.15, -0.1) is 0 Å². The van der Waals surface area contributed by atoms with Crippen LogP contribution in [0.3, 0.4) is 0 Å². The predicted octanol–water partition coefficient (Wildman–Crippen LogP) is 2.29. The highest BCUT2D eigenvalue weighted by molar-refractivity contribution is 7.15. The van der Waals surface area contributed by atoms with Crippen LogP contribution in [0, 0.1) is 11.8 Å². The first-order valence-corrected chi connectivity index (χ1v) is 7.03. The summed E-state index contributed by atoms with van der Waals surface area (Å²) in [4.78, 5) is 9.10. The number of anilines is 1. The van der Waals surface area contributed by atoms with Gasteiger partial charge >= 0.3 is 0 Å². The molecule has 3 rings (SSSR count). The highest BCUT2D eigenvalue weighted by Crippen LogP contribution is 2.14. The lowest BCUT2D eigenvalue weighted by atomic mass is 10.1. The Morgan fingerprint density at radius 2 is 2.05 bits per heavy atom. The smallest absolute Gasteiger partial charge is 0.181 e. The Morgan fingerprint density at radius 1 is 1.20 bits per heavy atom. The molecule has 0 atom stereocenters. The molecule has 3 aromatic rings. The molecule has 0 fully saturated rings. The standard InChI is InChI=1S/C14H13N5S/c1-9(2)12-5-6-13-16-7-10(19(13)18-12)3-4-11-8-17-14(15)20-11/h5-9H,1-2H3,(H2,15,17). The topological polar surface area (TPSA) is 69.1 Å². The minimum absolute atomic E-state index is 0.365. The minimum Gasteiger partial charge on any atom is -0.375 e. The number of aromatic nitrogens is 4. The summed E-state index contributed by atoms with van der Waals surface area (Å²) >= 11 is 1.37. The average molecular weight is 283 g/mol. The quantitative estimate of drug-likeness (QED) is 0.696. The first kappa shape index (κ1) is 12.6. The molecular weight excluding hydrogens is 270 g/mol. The van der Waals surface area contributed by atoms with Gasteiger partial charge in [0.25, 0.3) is 0 Å². The molecule has 100 valence electrons. The van der Waals surface area contributed by atoms with Crippen LogP contribution < -0.4 is 5.73 Å². The van der Waals surface area contributed by atoms with Crippen molar-refractivity contribution < 1.29 is 0 Å². The predicted molar refractivity (Wildman–Crippen MR) is 79.6 cm³/mol. The Kier molecular flexibility index (Phi) is 3.12. The summed E-state index contributed by atoms with van der Waals surface area (Å²) in [6, 6.07) is 3.95. The van der Waals surface area contributed by atoms with Gasteiger partial charge in [0.2, 0.25) is 0 Å². The lowest BCUT2D eigenvalue weighted by Crippen LogP contribution is -2.01. The van der Waals surface area contributed by atoms with Crippen LogP contribution in [-0.4, -0.2) is 19.6 Å². The Bertz CT molecular complexity index is 819. The van der Waals surface area contributed by atoms with Crippen molar-refractivity contribution in [1.82, 2.24) is 19.6 Å². The van der Waals surface area contributed by atoms with Gasteiger partial charge < -0.3 is 5.73 Å². The molecule has 0 saturated heterocycles. The molecule has 0 saturated carbocycles. The van der Waals surface area contributed by atoms with Gasteiger partial charge in [-0.2, -0.15) is 5.10 Å². The number of nitrogens with zero attached hydrogens (tertiary/aromatic N) is 4. The van der Waals surface area contributed by atoms with Crippen molar-refractivity contribution in [2.45, 2.75) is 19.8 Å². The summed E-state index contributed by atoms with van der Waals surface area (Å²) in [7, 11) is 0. The van der Waals surface area contributed by atoms with Crippen molar-refractivity contribution in [1.29, 1.82) is 0 Å². The Balaban J connectivity index is 2.03. The third kappa shape index (κ3) is 2.36. The number of fused-ring (bicyclic) bond motifs is 1. The van der Waals surface area contributed by atoms with Gasteiger partial charge in [0.05, 0.1) is 23.0 Å². The highest BCUT2D eigenvalue weighted by Gasteiger charge is 2.06. The molecule has 6 heteroatoms. The molecule has 0 aromatic carbocycles. The zero-order valence-electron chi connectivity index (χ0n) is 11.2. The number of nitrogens with two attached hydrogens (primary N) is 1. The molecule has 0 aliphatic heterocycles. The maximum absolute atomic E-state index is 5.58. The molecular formula is C14H13N5S. The molecule has 0 unspecified atom stereocenters. The third-order valence-electron chi connectivity index (χ3n) is 2.81. The average Bonchev–Trinajstić information content (AvgIpc) is 3.02. The molecule has 5 nitrogen and oxygen atoms in total. The number of rotatable bonds is 1. The molecule has 0 radical (unpaired) electrons. The van der Waals surface area contributed by atoms with Crippen LogP contribution in [0.25, 0.3) is 5.65 Å². The summed E-state index contributed by atoms with van der Waals surface area (Å²) in [6.45, 7) is 4.22. The SMILES string of the molecule is CC(C)c1ccc2ncc(C#Cc3cnc(N)s3)n2n1. The van der Waals surface area contributed by atoms with E-state index in [-0.39, 0.29) is 0 Å². The van der Waals surface area contributed by atoms with Crippen molar-refractivity contribution in [3.8, 4) is 11.8 Å². The summed E-state index contributed by atoms with van der Waals surface area (Å²) < 4.78 is 1.77. The lowest BCUT2D eigenvalue weighted by Gasteiger charge is -2.04. The fourth-order valence-corrected chi connectivity index (χ4v) is 2.29. The van der Waals surface area contributed by atoms with Crippen molar-refractivity contribution >= 4 is 22.1 Å². The van der Waals surface area contributed by atoms with Gasteiger partial charge in [0, 0.05) is 0 Å². The summed E-state index contributed by atoms with van der Waals surface area (Å²) in [5.41, 5.74) is 8.15. The zero-order valence-corrected chi connectivity index (χ0v) is 12.0. The fraction of sp³-hybridized carbons (Fsp3) is 0.214. The Morgan fingerprint density at radius 3 is 2.75 bits per heavy atom. The van der Waals surface area contributed by atoms with Crippen molar-refractivity contribution in [3.63, 3.8) is 0 Å². The summed E-state index contributed by atoms with van der Waals surface area (Å²) in [5.74, 6) is 6.46. The number of hydrogen-bond acceptors (Lipinski definition) is 5. The van der Waals surface area contributed by atoms with Gasteiger partial charge in [-0.25, -0.2) is 14.5 Å². The first-order valence-electron chi connectivity index (χ1n) is 6.21. The summed E-state index contributed by atoms with van der Waals surface area (Å²) in [6.07, 6.45) is 3.40. The van der Waals surface area contributed by atoms with E-state index >= 15 is 0 Å². The second-order valence-corrected chi connectivity index (χ2v) is 5.70. The van der Waals surface area contributed by atoms with E-state index in [1.807, 2.05) is 12.1 Å². The molecule has 0 aliphatic carbocycles. The normalized spacial score (nSPS) is 10.8. The van der Waals surface area contributed by atoms with Crippen LogP contribution in [0.15, 0.2) is 24.5 Å². The number of imidazole rings is 1.